The highest BCUT2D eigenvalue weighted by molar-refractivity contribution is 7.89. The lowest BCUT2D eigenvalue weighted by Gasteiger charge is -2.54. The summed E-state index contributed by atoms with van der Waals surface area (Å²) >= 11 is 12.4. The number of nitrogens with zero attached hydrogens (tertiary/aromatic N) is 4. The highest BCUT2D eigenvalue weighted by Crippen LogP contribution is 2.35. The van der Waals surface area contributed by atoms with E-state index in [0.717, 1.165) is 6.42 Å². The largest absolute Gasteiger partial charge is 0.342 e. The summed E-state index contributed by atoms with van der Waals surface area (Å²) in [5.74, 6) is -1.21. The lowest BCUT2D eigenvalue weighted by Crippen LogP contribution is -2.76. The first-order valence-corrected chi connectivity index (χ1v) is 15.7. The molecular weight excluding hydrogens is 591 g/mol. The molecule has 3 aliphatic rings. The summed E-state index contributed by atoms with van der Waals surface area (Å²) in [6.45, 7) is 3.99. The van der Waals surface area contributed by atoms with Gasteiger partial charge in [0.05, 0.1) is 17.6 Å². The van der Waals surface area contributed by atoms with Crippen LogP contribution in [0.2, 0.25) is 10.0 Å². The van der Waals surface area contributed by atoms with E-state index in [0.29, 0.717) is 18.5 Å². The number of halogens is 2. The maximum atomic E-state index is 14.2. The summed E-state index contributed by atoms with van der Waals surface area (Å²) in [7, 11) is -4.32. The van der Waals surface area contributed by atoms with Crippen LogP contribution in [0.3, 0.4) is 0 Å². The van der Waals surface area contributed by atoms with Crippen LogP contribution in [0.15, 0.2) is 47.6 Å². The molecule has 0 saturated carbocycles. The Bertz CT molecular complexity index is 1440. The van der Waals surface area contributed by atoms with E-state index < -0.39 is 46.1 Å². The molecule has 220 valence electrons. The Kier molecular flexibility index (Phi) is 8.58. The second-order valence-electron chi connectivity index (χ2n) is 10.8. The monoisotopic (exact) mass is 622 g/mol. The molecule has 3 amide bonds. The molecule has 41 heavy (non-hydrogen) atoms. The van der Waals surface area contributed by atoms with Gasteiger partial charge in [0.2, 0.25) is 27.7 Å². The van der Waals surface area contributed by atoms with Crippen LogP contribution in [0, 0.1) is 0 Å². The van der Waals surface area contributed by atoms with E-state index in [9.17, 15) is 22.8 Å². The van der Waals surface area contributed by atoms with Gasteiger partial charge in [-0.25, -0.2) is 8.42 Å². The Balaban J connectivity index is 1.59. The van der Waals surface area contributed by atoms with Crippen molar-refractivity contribution in [3.05, 3.63) is 58.3 Å². The number of carbonyl (C=O) groups excluding carboxylic acids is 3. The molecule has 1 aromatic carbocycles. The molecule has 0 bridgehead atoms. The quantitative estimate of drug-likeness (QED) is 0.480. The van der Waals surface area contributed by atoms with Crippen molar-refractivity contribution >= 4 is 50.9 Å². The van der Waals surface area contributed by atoms with Crippen molar-refractivity contribution in [3.8, 4) is 0 Å². The van der Waals surface area contributed by atoms with E-state index >= 15 is 0 Å². The SMILES string of the molecule is CC(C)N1CC2N(C(=O)C(NC(=O)C3CCCN3)CN2S(=O)(=O)c2ccc(Cl)cc2Cl)C(Cc2cccnc2)C1=O. The first kappa shape index (κ1) is 29.7. The van der Waals surface area contributed by atoms with Crippen molar-refractivity contribution in [2.24, 2.45) is 0 Å². The lowest BCUT2D eigenvalue weighted by molar-refractivity contribution is -0.169. The summed E-state index contributed by atoms with van der Waals surface area (Å²) in [4.78, 5) is 47.9. The lowest BCUT2D eigenvalue weighted by atomic mass is 9.97. The van der Waals surface area contributed by atoms with E-state index in [1.165, 1.54) is 27.4 Å². The van der Waals surface area contributed by atoms with E-state index in [-0.39, 0.29) is 46.4 Å². The smallest absolute Gasteiger partial charge is 0.248 e. The maximum absolute atomic E-state index is 14.2. The minimum atomic E-state index is -4.32. The van der Waals surface area contributed by atoms with Crippen molar-refractivity contribution in [1.29, 1.82) is 0 Å². The molecule has 11 nitrogen and oxygen atoms in total. The van der Waals surface area contributed by atoms with Crippen LogP contribution in [0.5, 0.6) is 0 Å². The van der Waals surface area contributed by atoms with Gasteiger partial charge >= 0.3 is 0 Å². The summed E-state index contributed by atoms with van der Waals surface area (Å²) in [6, 6.07) is 4.64. The third-order valence-corrected chi connectivity index (χ3v) is 10.4. The van der Waals surface area contributed by atoms with Crippen molar-refractivity contribution < 1.29 is 22.8 Å². The molecule has 4 heterocycles. The van der Waals surface area contributed by atoms with Crippen LogP contribution in [-0.2, 0) is 30.8 Å². The van der Waals surface area contributed by atoms with Gasteiger partial charge in [-0.05, 0) is 63.1 Å². The fraction of sp³-hybridized carbons (Fsp3) is 0.481. The van der Waals surface area contributed by atoms with Crippen LogP contribution < -0.4 is 10.6 Å². The fourth-order valence-corrected chi connectivity index (χ4v) is 8.05. The number of aromatic nitrogens is 1. The summed E-state index contributed by atoms with van der Waals surface area (Å²) in [5, 5.41) is 6.06. The zero-order chi connectivity index (χ0) is 29.5. The number of fused-ring (bicyclic) bond motifs is 1. The predicted molar refractivity (Wildman–Crippen MR) is 153 cm³/mol. The van der Waals surface area contributed by atoms with E-state index in [4.69, 9.17) is 23.2 Å². The van der Waals surface area contributed by atoms with Gasteiger partial charge in [0.25, 0.3) is 0 Å². The Morgan fingerprint density at radius 2 is 1.95 bits per heavy atom. The fourth-order valence-electron chi connectivity index (χ4n) is 5.71. The van der Waals surface area contributed by atoms with Gasteiger partial charge in [0, 0.05) is 36.4 Å². The van der Waals surface area contributed by atoms with Crippen LogP contribution >= 0.6 is 23.2 Å². The number of carbonyl (C=O) groups is 3. The Hall–Kier alpha value is -2.77. The minimum absolute atomic E-state index is 0.0406. The average molecular weight is 624 g/mol. The van der Waals surface area contributed by atoms with Crippen LogP contribution in [-0.4, -0.2) is 95.2 Å². The van der Waals surface area contributed by atoms with Gasteiger partial charge in [-0.3, -0.25) is 19.4 Å². The van der Waals surface area contributed by atoms with E-state index in [1.54, 1.807) is 29.4 Å². The average Bonchev–Trinajstić information content (AvgIpc) is 3.47. The highest BCUT2D eigenvalue weighted by atomic mass is 35.5. The number of sulfonamides is 1. The first-order chi connectivity index (χ1) is 19.5. The zero-order valence-corrected chi connectivity index (χ0v) is 25.0. The van der Waals surface area contributed by atoms with Crippen molar-refractivity contribution in [1.82, 2.24) is 29.7 Å². The van der Waals surface area contributed by atoms with Crippen molar-refractivity contribution in [3.63, 3.8) is 0 Å². The molecule has 1 aromatic heterocycles. The normalized spacial score (nSPS) is 25.5. The molecule has 4 unspecified atom stereocenters. The number of hydrogen-bond acceptors (Lipinski definition) is 7. The molecule has 4 atom stereocenters. The minimum Gasteiger partial charge on any atom is -0.342 e. The second-order valence-corrected chi connectivity index (χ2v) is 13.5. The number of piperazine rings is 1. The third-order valence-electron chi connectivity index (χ3n) is 7.78. The van der Waals surface area contributed by atoms with E-state index in [2.05, 4.69) is 15.6 Å². The number of benzene rings is 1. The molecular formula is C27H32Cl2N6O5S. The first-order valence-electron chi connectivity index (χ1n) is 13.5. The van der Waals surface area contributed by atoms with Gasteiger partial charge in [-0.1, -0.05) is 29.3 Å². The Morgan fingerprint density at radius 3 is 2.59 bits per heavy atom. The van der Waals surface area contributed by atoms with Crippen molar-refractivity contribution in [2.45, 2.75) is 68.3 Å². The molecule has 14 heteroatoms. The summed E-state index contributed by atoms with van der Waals surface area (Å²) < 4.78 is 29.6. The molecule has 2 aromatic rings. The molecule has 0 aliphatic carbocycles. The molecule has 0 spiro atoms. The standard InChI is InChI=1S/C27H32Cl2N6O5S/c1-16(2)33-15-24-34(41(39,40)23-8-7-18(28)12-19(23)29)14-21(32-25(36)20-6-4-10-31-20)26(37)35(24)22(27(33)38)11-17-5-3-9-30-13-17/h3,5,7-9,12-13,16,20-22,24,31H,4,6,10-11,14-15H2,1-2H3,(H,32,36). The number of pyridine rings is 1. The zero-order valence-electron chi connectivity index (χ0n) is 22.7. The Morgan fingerprint density at radius 1 is 1.17 bits per heavy atom. The number of nitrogens with one attached hydrogen (secondary N) is 2. The van der Waals surface area contributed by atoms with Gasteiger partial charge in [0.15, 0.2) is 0 Å². The number of hydrogen-bond donors (Lipinski definition) is 2. The second kappa shape index (κ2) is 11.8. The highest BCUT2D eigenvalue weighted by Gasteiger charge is 2.54. The van der Waals surface area contributed by atoms with Gasteiger partial charge in [-0.15, -0.1) is 0 Å². The number of rotatable bonds is 7. The molecule has 3 aliphatic heterocycles. The maximum Gasteiger partial charge on any atom is 0.248 e. The van der Waals surface area contributed by atoms with Crippen LogP contribution in [0.25, 0.3) is 0 Å². The summed E-state index contributed by atoms with van der Waals surface area (Å²) in [5.41, 5.74) is 0.708. The summed E-state index contributed by atoms with van der Waals surface area (Å²) in [6.07, 6.45) is 3.73. The van der Waals surface area contributed by atoms with Gasteiger partial charge < -0.3 is 20.4 Å². The predicted octanol–water partition coefficient (Wildman–Crippen LogP) is 1.65. The molecule has 3 saturated heterocycles. The Labute approximate surface area is 249 Å². The topological polar surface area (TPSA) is 132 Å². The van der Waals surface area contributed by atoms with E-state index in [1.807, 2.05) is 13.8 Å². The van der Waals surface area contributed by atoms with Crippen LogP contribution in [0.4, 0.5) is 0 Å². The third kappa shape index (κ3) is 5.80. The van der Waals surface area contributed by atoms with Crippen molar-refractivity contribution in [2.75, 3.05) is 19.6 Å². The van der Waals surface area contributed by atoms with Gasteiger partial charge in [0.1, 0.15) is 23.1 Å². The molecule has 0 radical (unpaired) electrons. The number of amides is 3. The molecule has 5 rings (SSSR count). The molecule has 3 fully saturated rings. The molecule has 2 N–H and O–H groups in total. The van der Waals surface area contributed by atoms with Crippen LogP contribution in [0.1, 0.15) is 32.3 Å². The van der Waals surface area contributed by atoms with Gasteiger partial charge in [-0.2, -0.15) is 4.31 Å².